The van der Waals surface area contributed by atoms with Crippen molar-refractivity contribution in [2.45, 2.75) is 23.8 Å². The molecule has 0 saturated heterocycles. The lowest BCUT2D eigenvalue weighted by Gasteiger charge is -2.21. The molecule has 0 radical (unpaired) electrons. The maximum Gasteiger partial charge on any atom is 0.239 e. The highest BCUT2D eigenvalue weighted by Crippen LogP contribution is 2.28. The quantitative estimate of drug-likeness (QED) is 0.835. The SMILES string of the molecule is CSc1cccc(N(C)CC(=O)NC2CC2)c1C#N. The molecule has 0 heterocycles. The van der Waals surface area contributed by atoms with E-state index >= 15 is 0 Å². The van der Waals surface area contributed by atoms with Gasteiger partial charge >= 0.3 is 0 Å². The predicted octanol–water partition coefficient (Wildman–Crippen LogP) is 1.99. The fourth-order valence-electron chi connectivity index (χ4n) is 1.92. The number of carbonyl (C=O) groups excluding carboxylic acids is 1. The number of rotatable bonds is 5. The predicted molar refractivity (Wildman–Crippen MR) is 77.4 cm³/mol. The molecule has 0 unspecified atom stereocenters. The number of nitriles is 1. The number of anilines is 1. The van der Waals surface area contributed by atoms with E-state index in [0.717, 1.165) is 23.4 Å². The number of nitrogens with zero attached hydrogens (tertiary/aromatic N) is 2. The Labute approximate surface area is 117 Å². The summed E-state index contributed by atoms with van der Waals surface area (Å²) in [5.74, 6) is 0.0171. The Morgan fingerprint density at radius 3 is 2.89 bits per heavy atom. The summed E-state index contributed by atoms with van der Waals surface area (Å²) in [4.78, 5) is 14.6. The minimum absolute atomic E-state index is 0.0171. The van der Waals surface area contributed by atoms with Crippen LogP contribution in [0.15, 0.2) is 23.1 Å². The normalized spacial score (nSPS) is 13.7. The number of nitrogens with one attached hydrogen (secondary N) is 1. The minimum atomic E-state index is 0.0171. The van der Waals surface area contributed by atoms with E-state index in [1.54, 1.807) is 11.8 Å². The van der Waals surface area contributed by atoms with Gasteiger partial charge in [-0.2, -0.15) is 5.26 Å². The standard InChI is InChI=1S/C14H17N3OS/c1-17(9-14(18)16-10-6-7-10)12-4-3-5-13(19-2)11(12)8-15/h3-5,10H,6-7,9H2,1-2H3,(H,16,18). The Balaban J connectivity index is 2.11. The smallest absolute Gasteiger partial charge is 0.239 e. The van der Waals surface area contributed by atoms with Gasteiger partial charge in [0.2, 0.25) is 5.91 Å². The highest BCUT2D eigenvalue weighted by atomic mass is 32.2. The van der Waals surface area contributed by atoms with E-state index in [0.29, 0.717) is 11.6 Å². The van der Waals surface area contributed by atoms with Crippen molar-refractivity contribution in [2.24, 2.45) is 0 Å². The largest absolute Gasteiger partial charge is 0.364 e. The molecule has 5 heteroatoms. The van der Waals surface area contributed by atoms with Crippen LogP contribution in [-0.2, 0) is 4.79 Å². The highest BCUT2D eigenvalue weighted by molar-refractivity contribution is 7.98. The van der Waals surface area contributed by atoms with Crippen LogP contribution in [-0.4, -0.2) is 31.8 Å². The molecule has 100 valence electrons. The van der Waals surface area contributed by atoms with Gasteiger partial charge in [-0.15, -0.1) is 11.8 Å². The summed E-state index contributed by atoms with van der Waals surface area (Å²) in [5.41, 5.74) is 1.44. The Morgan fingerprint density at radius 1 is 1.58 bits per heavy atom. The van der Waals surface area contributed by atoms with Crippen LogP contribution >= 0.6 is 11.8 Å². The van der Waals surface area contributed by atoms with Crippen molar-refractivity contribution in [1.29, 1.82) is 5.26 Å². The maximum absolute atomic E-state index is 11.8. The van der Waals surface area contributed by atoms with Crippen LogP contribution in [0.25, 0.3) is 0 Å². The molecule has 0 atom stereocenters. The lowest BCUT2D eigenvalue weighted by atomic mass is 10.2. The molecule has 0 aromatic heterocycles. The second-order valence-electron chi connectivity index (χ2n) is 4.66. The summed E-state index contributed by atoms with van der Waals surface area (Å²) < 4.78 is 0. The summed E-state index contributed by atoms with van der Waals surface area (Å²) in [6, 6.07) is 8.31. The van der Waals surface area contributed by atoms with Gasteiger partial charge in [-0.1, -0.05) is 6.07 Å². The summed E-state index contributed by atoms with van der Waals surface area (Å²) >= 11 is 1.54. The van der Waals surface area contributed by atoms with E-state index in [4.69, 9.17) is 0 Å². The first-order valence-corrected chi connectivity index (χ1v) is 7.45. The zero-order valence-corrected chi connectivity index (χ0v) is 12.0. The topological polar surface area (TPSA) is 56.1 Å². The van der Waals surface area contributed by atoms with Gasteiger partial charge in [0.1, 0.15) is 6.07 Å². The third-order valence-electron chi connectivity index (χ3n) is 3.07. The molecule has 1 aromatic rings. The third kappa shape index (κ3) is 3.42. The van der Waals surface area contributed by atoms with E-state index in [2.05, 4.69) is 11.4 Å². The number of benzene rings is 1. The van der Waals surface area contributed by atoms with E-state index in [-0.39, 0.29) is 12.5 Å². The van der Waals surface area contributed by atoms with E-state index in [9.17, 15) is 10.1 Å². The van der Waals surface area contributed by atoms with Crippen molar-refractivity contribution in [2.75, 3.05) is 24.7 Å². The number of amides is 1. The Morgan fingerprint density at radius 2 is 2.32 bits per heavy atom. The van der Waals surface area contributed by atoms with Crippen LogP contribution < -0.4 is 10.2 Å². The fraction of sp³-hybridized carbons (Fsp3) is 0.429. The summed E-state index contributed by atoms with van der Waals surface area (Å²) in [7, 11) is 1.84. The second kappa shape index (κ2) is 5.98. The van der Waals surface area contributed by atoms with Crippen molar-refractivity contribution in [3.63, 3.8) is 0 Å². The molecule has 1 fully saturated rings. The monoisotopic (exact) mass is 275 g/mol. The number of thioether (sulfide) groups is 1. The lowest BCUT2D eigenvalue weighted by molar-refractivity contribution is -0.119. The van der Waals surface area contributed by atoms with Gasteiger partial charge in [-0.05, 0) is 31.2 Å². The van der Waals surface area contributed by atoms with Gasteiger partial charge in [0.05, 0.1) is 17.8 Å². The molecule has 0 spiro atoms. The molecule has 1 aliphatic rings. The van der Waals surface area contributed by atoms with Crippen molar-refractivity contribution < 1.29 is 4.79 Å². The second-order valence-corrected chi connectivity index (χ2v) is 5.51. The molecule has 1 N–H and O–H groups in total. The van der Waals surface area contributed by atoms with Gasteiger partial charge in [-0.3, -0.25) is 4.79 Å². The van der Waals surface area contributed by atoms with Gasteiger partial charge in [0.15, 0.2) is 0 Å². The Bertz CT molecular complexity index is 520. The molecular weight excluding hydrogens is 258 g/mol. The summed E-state index contributed by atoms with van der Waals surface area (Å²) in [6.45, 7) is 0.281. The number of carbonyl (C=O) groups is 1. The van der Waals surface area contributed by atoms with Crippen LogP contribution in [0.4, 0.5) is 5.69 Å². The van der Waals surface area contributed by atoms with Crippen LogP contribution in [0.3, 0.4) is 0 Å². The van der Waals surface area contributed by atoms with Crippen LogP contribution in [0.5, 0.6) is 0 Å². The molecule has 19 heavy (non-hydrogen) atoms. The molecule has 2 rings (SSSR count). The first-order chi connectivity index (χ1) is 9.15. The molecule has 0 bridgehead atoms. The Kier molecular flexibility index (Phi) is 4.33. The zero-order chi connectivity index (χ0) is 13.8. The maximum atomic E-state index is 11.8. The van der Waals surface area contributed by atoms with Crippen LogP contribution in [0.1, 0.15) is 18.4 Å². The summed E-state index contributed by atoms with van der Waals surface area (Å²) in [6.07, 6.45) is 4.11. The van der Waals surface area contributed by atoms with Gasteiger partial charge in [-0.25, -0.2) is 0 Å². The molecule has 1 aromatic carbocycles. The van der Waals surface area contributed by atoms with Gasteiger partial charge < -0.3 is 10.2 Å². The highest BCUT2D eigenvalue weighted by Gasteiger charge is 2.24. The lowest BCUT2D eigenvalue weighted by Crippen LogP contribution is -2.36. The third-order valence-corrected chi connectivity index (χ3v) is 3.85. The number of hydrogen-bond acceptors (Lipinski definition) is 4. The van der Waals surface area contributed by atoms with E-state index in [1.807, 2.05) is 36.4 Å². The molecule has 0 aliphatic heterocycles. The number of hydrogen-bond donors (Lipinski definition) is 1. The Hall–Kier alpha value is -1.67. The molecule has 1 aliphatic carbocycles. The molecule has 1 amide bonds. The van der Waals surface area contributed by atoms with Gasteiger partial charge in [0, 0.05) is 18.0 Å². The van der Waals surface area contributed by atoms with Crippen molar-refractivity contribution in [3.05, 3.63) is 23.8 Å². The fourth-order valence-corrected chi connectivity index (χ4v) is 2.49. The van der Waals surface area contributed by atoms with E-state index < -0.39 is 0 Å². The minimum Gasteiger partial charge on any atom is -0.364 e. The molecular formula is C14H17N3OS. The number of likely N-dealkylation sites (N-methyl/N-ethyl adjacent to an activating group) is 1. The van der Waals surface area contributed by atoms with Crippen molar-refractivity contribution in [3.8, 4) is 6.07 Å². The summed E-state index contributed by atoms with van der Waals surface area (Å²) in [5, 5.41) is 12.2. The van der Waals surface area contributed by atoms with Crippen molar-refractivity contribution in [1.82, 2.24) is 5.32 Å². The zero-order valence-electron chi connectivity index (χ0n) is 11.1. The average molecular weight is 275 g/mol. The van der Waals surface area contributed by atoms with E-state index in [1.165, 1.54) is 0 Å². The van der Waals surface area contributed by atoms with Gasteiger partial charge in [0.25, 0.3) is 0 Å². The average Bonchev–Trinajstić information content (AvgIpc) is 3.21. The molecule has 4 nitrogen and oxygen atoms in total. The first kappa shape index (κ1) is 13.8. The molecule has 1 saturated carbocycles. The van der Waals surface area contributed by atoms with Crippen LogP contribution in [0, 0.1) is 11.3 Å². The first-order valence-electron chi connectivity index (χ1n) is 6.23. The van der Waals surface area contributed by atoms with Crippen molar-refractivity contribution >= 4 is 23.4 Å². The van der Waals surface area contributed by atoms with Crippen LogP contribution in [0.2, 0.25) is 0 Å².